The van der Waals surface area contributed by atoms with Crippen molar-refractivity contribution in [3.63, 3.8) is 0 Å². The number of thiophene rings is 1. The number of sulfonamides is 2. The van der Waals surface area contributed by atoms with E-state index in [-0.39, 0.29) is 45.9 Å². The van der Waals surface area contributed by atoms with E-state index in [1.165, 1.54) is 18.2 Å². The van der Waals surface area contributed by atoms with Gasteiger partial charge >= 0.3 is 0 Å². The van der Waals surface area contributed by atoms with Gasteiger partial charge in [-0.1, -0.05) is 0 Å². The minimum Gasteiger partial charge on any atom is -0.391 e. The highest BCUT2D eigenvalue weighted by atomic mass is 32.2. The Balaban J connectivity index is 1.37. The van der Waals surface area contributed by atoms with E-state index in [1.807, 2.05) is 21.7 Å². The predicted octanol–water partition coefficient (Wildman–Crippen LogP) is 2.07. The van der Waals surface area contributed by atoms with Crippen LogP contribution in [0.2, 0.25) is 0 Å². The van der Waals surface area contributed by atoms with E-state index in [1.54, 1.807) is 11.3 Å². The van der Waals surface area contributed by atoms with Crippen molar-refractivity contribution in [2.75, 3.05) is 16.3 Å². The molecule has 2 aliphatic carbocycles. The molecule has 0 radical (unpaired) electrons. The van der Waals surface area contributed by atoms with Gasteiger partial charge in [-0.2, -0.15) is 19.8 Å². The Bertz CT molecular complexity index is 1470. The zero-order valence-electron chi connectivity index (χ0n) is 19.4. The second-order valence-corrected chi connectivity index (χ2v) is 14.2. The van der Waals surface area contributed by atoms with Gasteiger partial charge in [-0.05, 0) is 71.7 Å². The molecule has 2 saturated carbocycles. The zero-order valence-corrected chi connectivity index (χ0v) is 21.8. The maximum atomic E-state index is 13.9. The largest absolute Gasteiger partial charge is 0.391 e. The summed E-state index contributed by atoms with van der Waals surface area (Å²) in [7, 11) is -7.86. The second-order valence-electron chi connectivity index (χ2n) is 10.1. The quantitative estimate of drug-likeness (QED) is 0.517. The number of aliphatic hydroxyl groups is 1. The number of carbonyl (C=O) groups is 1. The van der Waals surface area contributed by atoms with Crippen LogP contribution in [0.3, 0.4) is 0 Å². The Hall–Kier alpha value is -2.48. The molecular formula is C23H26N4O6S3. The lowest BCUT2D eigenvalue weighted by Crippen LogP contribution is -2.63. The number of hydrogen-bond acceptors (Lipinski definition) is 8. The van der Waals surface area contributed by atoms with Crippen molar-refractivity contribution in [3.05, 3.63) is 40.6 Å². The maximum Gasteiger partial charge on any atom is 0.286 e. The van der Waals surface area contributed by atoms with E-state index in [0.29, 0.717) is 12.5 Å². The number of benzene rings is 1. The highest BCUT2D eigenvalue weighted by Crippen LogP contribution is 2.55. The summed E-state index contributed by atoms with van der Waals surface area (Å²) in [6, 6.07) is 5.95. The number of amidine groups is 1. The summed E-state index contributed by atoms with van der Waals surface area (Å²) < 4.78 is 55.6. The third-order valence-corrected chi connectivity index (χ3v) is 10.5. The average Bonchev–Trinajstić information content (AvgIpc) is 3.54. The average molecular weight is 551 g/mol. The molecule has 192 valence electrons. The molecule has 1 amide bonds. The van der Waals surface area contributed by atoms with E-state index in [0.717, 1.165) is 31.1 Å². The molecule has 1 saturated heterocycles. The van der Waals surface area contributed by atoms with Crippen molar-refractivity contribution in [2.24, 2.45) is 28.1 Å². The number of hydrogen-bond donors (Lipinski definition) is 3. The summed E-state index contributed by atoms with van der Waals surface area (Å²) in [4.78, 5) is 15.5. The summed E-state index contributed by atoms with van der Waals surface area (Å²) in [5, 5.41) is 18.4. The van der Waals surface area contributed by atoms with Crippen molar-refractivity contribution in [1.82, 2.24) is 4.90 Å². The second kappa shape index (κ2) is 8.27. The summed E-state index contributed by atoms with van der Waals surface area (Å²) in [5.41, 5.74) is 1.27. The number of nitrogens with one attached hydrogen (secondary N) is 2. The molecule has 3 heterocycles. The molecule has 0 spiro atoms. The van der Waals surface area contributed by atoms with E-state index in [4.69, 9.17) is 0 Å². The number of anilines is 2. The summed E-state index contributed by atoms with van der Waals surface area (Å²) >= 11 is 1.55. The number of fused-ring (bicyclic) bond motifs is 6. The summed E-state index contributed by atoms with van der Waals surface area (Å²) in [6.07, 6.45) is 2.90. The molecule has 36 heavy (non-hydrogen) atoms. The van der Waals surface area contributed by atoms with Crippen LogP contribution in [0.25, 0.3) is 0 Å². The molecule has 1 aromatic carbocycles. The molecule has 10 nitrogen and oxygen atoms in total. The van der Waals surface area contributed by atoms with Gasteiger partial charge < -0.3 is 15.3 Å². The van der Waals surface area contributed by atoms with Gasteiger partial charge in [0.05, 0.1) is 18.0 Å². The highest BCUT2D eigenvalue weighted by molar-refractivity contribution is 7.92. The first kappa shape index (κ1) is 23.9. The van der Waals surface area contributed by atoms with Gasteiger partial charge in [-0.25, -0.2) is 8.42 Å². The molecule has 6 rings (SSSR count). The number of amides is 1. The topological polar surface area (TPSA) is 145 Å². The van der Waals surface area contributed by atoms with Crippen LogP contribution in [0, 0.1) is 23.7 Å². The van der Waals surface area contributed by atoms with Crippen LogP contribution in [0.4, 0.5) is 11.4 Å². The van der Waals surface area contributed by atoms with Gasteiger partial charge in [0.15, 0.2) is 0 Å². The highest BCUT2D eigenvalue weighted by Gasteiger charge is 2.60. The number of piperidine rings is 1. The van der Waals surface area contributed by atoms with Crippen molar-refractivity contribution in [3.8, 4) is 0 Å². The van der Waals surface area contributed by atoms with Gasteiger partial charge in [-0.15, -0.1) is 4.40 Å². The fourth-order valence-electron chi connectivity index (χ4n) is 6.57. The van der Waals surface area contributed by atoms with E-state index >= 15 is 0 Å². The first-order valence-electron chi connectivity index (χ1n) is 11.8. The van der Waals surface area contributed by atoms with E-state index in [9.17, 15) is 26.7 Å². The predicted molar refractivity (Wildman–Crippen MR) is 136 cm³/mol. The Kier molecular flexibility index (Phi) is 5.49. The zero-order chi connectivity index (χ0) is 25.4. The van der Waals surface area contributed by atoms with Crippen LogP contribution >= 0.6 is 11.3 Å². The monoisotopic (exact) mass is 550 g/mol. The SMILES string of the molecule is CS(=O)(=O)Nc1ccc2c(c1)S(=O)(=O)N=C(C1C(=O)N(Cc3ccsc3)[C@H]3[C@@H]4CC[C@@H](C4)[C@H]3C1O)N2. The van der Waals surface area contributed by atoms with Crippen molar-refractivity contribution < 1.29 is 26.7 Å². The molecule has 4 aliphatic rings. The van der Waals surface area contributed by atoms with Gasteiger partial charge in [-0.3, -0.25) is 9.52 Å². The number of rotatable bonds is 5. The summed E-state index contributed by atoms with van der Waals surface area (Å²) in [6.45, 7) is 0.410. The van der Waals surface area contributed by atoms with Crippen molar-refractivity contribution >= 4 is 54.5 Å². The first-order valence-corrected chi connectivity index (χ1v) is 16.0. The van der Waals surface area contributed by atoms with Crippen LogP contribution in [0.5, 0.6) is 0 Å². The lowest BCUT2D eigenvalue weighted by atomic mass is 9.72. The van der Waals surface area contributed by atoms with Gasteiger partial charge in [0, 0.05) is 24.2 Å². The third kappa shape index (κ3) is 3.92. The molecule has 13 heteroatoms. The number of aliphatic hydroxyl groups excluding tert-OH is 1. The van der Waals surface area contributed by atoms with Crippen LogP contribution in [-0.4, -0.2) is 57.0 Å². The Morgan fingerprint density at radius 3 is 2.75 bits per heavy atom. The van der Waals surface area contributed by atoms with Crippen LogP contribution in [-0.2, 0) is 31.4 Å². The molecule has 1 aromatic heterocycles. The van der Waals surface area contributed by atoms with E-state index in [2.05, 4.69) is 14.4 Å². The minimum absolute atomic E-state index is 0.0693. The molecule has 2 aromatic rings. The smallest absolute Gasteiger partial charge is 0.286 e. The van der Waals surface area contributed by atoms with Crippen molar-refractivity contribution in [1.29, 1.82) is 0 Å². The Labute approximate surface area is 213 Å². The van der Waals surface area contributed by atoms with Gasteiger partial charge in [0.25, 0.3) is 10.0 Å². The Morgan fingerprint density at radius 2 is 2.03 bits per heavy atom. The minimum atomic E-state index is -4.25. The van der Waals surface area contributed by atoms with Gasteiger partial charge in [0.1, 0.15) is 16.6 Å². The van der Waals surface area contributed by atoms with Crippen molar-refractivity contribution in [2.45, 2.75) is 42.8 Å². The molecule has 2 bridgehead atoms. The standard InChI is InChI=1S/C23H26N4O6S3/c1-35(30,31)25-15-4-5-16-17(9-15)36(32,33)26-22(24-16)19-21(28)18-13-2-3-14(8-13)20(18)27(23(19)29)10-12-6-7-34-11-12/h4-7,9,11,13-14,18-21,25,28H,2-3,8,10H2,1H3,(H,24,26)/t13-,14+,18+,19?,20-,21?/m0/s1. The molecule has 2 aliphatic heterocycles. The molecule has 3 N–H and O–H groups in total. The lowest BCUT2D eigenvalue weighted by molar-refractivity contribution is -0.155. The van der Waals surface area contributed by atoms with Crippen LogP contribution in [0.15, 0.2) is 44.3 Å². The molecular weight excluding hydrogens is 524 g/mol. The van der Waals surface area contributed by atoms with Gasteiger partial charge in [0.2, 0.25) is 15.9 Å². The Morgan fingerprint density at radius 1 is 1.25 bits per heavy atom. The summed E-state index contributed by atoms with van der Waals surface area (Å²) in [5.74, 6) is -1.08. The molecule has 2 unspecified atom stereocenters. The van der Waals surface area contributed by atoms with E-state index < -0.39 is 32.1 Å². The normalized spacial score (nSPS) is 32.4. The molecule has 6 atom stereocenters. The fourth-order valence-corrected chi connectivity index (χ4v) is 8.98. The number of carbonyl (C=O) groups excluding carboxylic acids is 1. The first-order chi connectivity index (χ1) is 17.0. The molecule has 3 fully saturated rings. The number of likely N-dealkylation sites (tertiary alicyclic amines) is 1. The third-order valence-electron chi connectivity index (χ3n) is 7.85. The van der Waals surface area contributed by atoms with Crippen LogP contribution in [0.1, 0.15) is 24.8 Å². The number of nitrogens with zero attached hydrogens (tertiary/aromatic N) is 2. The maximum absolute atomic E-state index is 13.9. The van der Waals surface area contributed by atoms with Crippen LogP contribution < -0.4 is 10.0 Å². The fraction of sp³-hybridized carbons (Fsp3) is 0.478. The lowest BCUT2D eigenvalue weighted by Gasteiger charge is -2.49.